The lowest BCUT2D eigenvalue weighted by molar-refractivity contribution is -0.0500. The van der Waals surface area contributed by atoms with Crippen LogP contribution in [0.1, 0.15) is 94.5 Å². The average molecular weight is 527 g/mol. The molecule has 0 saturated heterocycles. The Labute approximate surface area is 216 Å². The highest BCUT2D eigenvalue weighted by atomic mass is 19.3. The van der Waals surface area contributed by atoms with Gasteiger partial charge in [-0.25, -0.2) is 23.1 Å². The number of hydrogen-bond acceptors (Lipinski definition) is 5. The van der Waals surface area contributed by atoms with Crippen molar-refractivity contribution in [1.82, 2.24) is 9.97 Å². The Kier molecular flexibility index (Phi) is 11.4. The number of halogens is 4. The summed E-state index contributed by atoms with van der Waals surface area (Å²) in [7, 11) is 0. The maximum atomic E-state index is 15.4. The normalized spacial score (nSPS) is 16.4. The molecule has 0 radical (unpaired) electrons. The Bertz CT molecular complexity index is 973. The van der Waals surface area contributed by atoms with E-state index in [0.29, 0.717) is 38.4 Å². The van der Waals surface area contributed by atoms with Gasteiger partial charge in [0, 0.05) is 13.2 Å². The molecule has 2 aromatic rings. The van der Waals surface area contributed by atoms with Crippen LogP contribution in [0.25, 0.3) is 0 Å². The van der Waals surface area contributed by atoms with Crippen LogP contribution in [0.2, 0.25) is 0 Å². The fourth-order valence-corrected chi connectivity index (χ4v) is 4.40. The zero-order valence-corrected chi connectivity index (χ0v) is 21.8. The van der Waals surface area contributed by atoms with E-state index in [0.717, 1.165) is 38.5 Å². The monoisotopic (exact) mass is 526 g/mol. The number of unbranched alkanes of at least 4 members (excludes halogenated alkanes) is 5. The summed E-state index contributed by atoms with van der Waals surface area (Å²) in [6.07, 6.45) is 10.4. The van der Waals surface area contributed by atoms with Gasteiger partial charge in [-0.2, -0.15) is 4.39 Å². The standard InChI is InChI=1S/C28H38F4N2O3/c1-3-5-7-8-15-36-21-18-33-27(34-19-21)22-12-11-20-17-23(25(29)26(30)24(20)28(22,31)32)37-16-10-9-14-35-13-6-4-2/h17-19,22H,3-16H2,1-2H3. The van der Waals surface area contributed by atoms with Gasteiger partial charge in [-0.15, -0.1) is 0 Å². The van der Waals surface area contributed by atoms with Gasteiger partial charge in [0.2, 0.25) is 5.82 Å². The molecule has 1 aromatic carbocycles. The number of aromatic nitrogens is 2. The molecule has 9 heteroatoms. The smallest absolute Gasteiger partial charge is 0.286 e. The van der Waals surface area contributed by atoms with E-state index in [1.54, 1.807) is 0 Å². The highest BCUT2D eigenvalue weighted by Gasteiger charge is 2.50. The molecule has 0 fully saturated rings. The highest BCUT2D eigenvalue weighted by molar-refractivity contribution is 5.44. The van der Waals surface area contributed by atoms with Crippen LogP contribution in [0.15, 0.2) is 18.5 Å². The molecule has 0 bridgehead atoms. The van der Waals surface area contributed by atoms with Crippen LogP contribution >= 0.6 is 0 Å². The van der Waals surface area contributed by atoms with Crippen LogP contribution in [0, 0.1) is 11.6 Å². The summed E-state index contributed by atoms with van der Waals surface area (Å²) < 4.78 is 77.0. The second-order valence-electron chi connectivity index (χ2n) is 9.46. The SMILES string of the molecule is CCCCCCOc1cnc(C2CCc3cc(OCCCCOCCCC)c(F)c(F)c3C2(F)F)nc1. The molecule has 0 aliphatic heterocycles. The molecule has 3 rings (SSSR count). The molecular formula is C28H38F4N2O3. The van der Waals surface area contributed by atoms with Gasteiger partial charge in [-0.3, -0.25) is 0 Å². The maximum absolute atomic E-state index is 15.4. The molecule has 1 aliphatic carbocycles. The van der Waals surface area contributed by atoms with Crippen LogP contribution in [-0.2, 0) is 17.1 Å². The van der Waals surface area contributed by atoms with Crippen LogP contribution in [0.4, 0.5) is 17.6 Å². The summed E-state index contributed by atoms with van der Waals surface area (Å²) >= 11 is 0. The molecule has 0 spiro atoms. The van der Waals surface area contributed by atoms with Crippen molar-refractivity contribution in [2.75, 3.05) is 26.4 Å². The second kappa shape index (κ2) is 14.5. The predicted molar refractivity (Wildman–Crippen MR) is 133 cm³/mol. The zero-order chi connectivity index (χ0) is 26.7. The van der Waals surface area contributed by atoms with E-state index in [1.807, 2.05) is 0 Å². The first kappa shape index (κ1) is 29.1. The molecule has 206 valence electrons. The first-order chi connectivity index (χ1) is 17.9. The summed E-state index contributed by atoms with van der Waals surface area (Å²) in [6, 6.07) is 1.20. The Morgan fingerprint density at radius 3 is 2.22 bits per heavy atom. The molecule has 0 amide bonds. The van der Waals surface area contributed by atoms with Gasteiger partial charge in [0.1, 0.15) is 5.82 Å². The molecule has 0 saturated carbocycles. The van der Waals surface area contributed by atoms with Crippen LogP contribution in [0.3, 0.4) is 0 Å². The summed E-state index contributed by atoms with van der Waals surface area (Å²) in [5, 5.41) is 0. The molecule has 1 aliphatic rings. The van der Waals surface area contributed by atoms with Gasteiger partial charge in [0.25, 0.3) is 5.92 Å². The second-order valence-corrected chi connectivity index (χ2v) is 9.46. The van der Waals surface area contributed by atoms with E-state index in [9.17, 15) is 8.78 Å². The molecule has 1 heterocycles. The molecule has 1 aromatic heterocycles. The van der Waals surface area contributed by atoms with Crippen LogP contribution in [-0.4, -0.2) is 36.4 Å². The number of ether oxygens (including phenoxy) is 3. The van der Waals surface area contributed by atoms with Gasteiger partial charge in [-0.1, -0.05) is 39.5 Å². The first-order valence-electron chi connectivity index (χ1n) is 13.4. The van der Waals surface area contributed by atoms with Gasteiger partial charge in [0.05, 0.1) is 37.1 Å². The van der Waals surface area contributed by atoms with Crippen molar-refractivity contribution in [3.8, 4) is 11.5 Å². The predicted octanol–water partition coefficient (Wildman–Crippen LogP) is 7.51. The van der Waals surface area contributed by atoms with E-state index in [2.05, 4.69) is 23.8 Å². The number of nitrogens with zero attached hydrogens (tertiary/aromatic N) is 2. The lowest BCUT2D eigenvalue weighted by Crippen LogP contribution is -2.33. The Morgan fingerprint density at radius 1 is 0.838 bits per heavy atom. The number of rotatable bonds is 16. The summed E-state index contributed by atoms with van der Waals surface area (Å²) in [4.78, 5) is 8.14. The van der Waals surface area contributed by atoms with Gasteiger partial charge in [-0.05, 0) is 50.2 Å². The minimum absolute atomic E-state index is 0.00314. The Hall–Kier alpha value is -2.42. The quantitative estimate of drug-likeness (QED) is 0.167. The van der Waals surface area contributed by atoms with Crippen LogP contribution < -0.4 is 9.47 Å². The topological polar surface area (TPSA) is 53.5 Å². The van der Waals surface area contributed by atoms with E-state index >= 15 is 8.78 Å². The van der Waals surface area contributed by atoms with Crippen molar-refractivity contribution in [2.24, 2.45) is 0 Å². The molecule has 0 N–H and O–H groups in total. The molecule has 1 unspecified atom stereocenters. The molecule has 5 nitrogen and oxygen atoms in total. The van der Waals surface area contributed by atoms with Crippen LogP contribution in [0.5, 0.6) is 11.5 Å². The third kappa shape index (κ3) is 7.79. The van der Waals surface area contributed by atoms with Crippen molar-refractivity contribution < 1.29 is 31.8 Å². The fraction of sp³-hybridized carbons (Fsp3) is 0.643. The summed E-state index contributed by atoms with van der Waals surface area (Å²) in [5.41, 5.74) is -0.886. The van der Waals surface area contributed by atoms with E-state index in [1.165, 1.54) is 18.5 Å². The number of fused-ring (bicyclic) bond motifs is 1. The van der Waals surface area contributed by atoms with Crippen molar-refractivity contribution in [2.45, 2.75) is 89.9 Å². The molecule has 1 atom stereocenters. The first-order valence-corrected chi connectivity index (χ1v) is 13.4. The summed E-state index contributed by atoms with van der Waals surface area (Å²) in [6.45, 7) is 6.10. The van der Waals surface area contributed by atoms with Gasteiger partial charge >= 0.3 is 0 Å². The third-order valence-electron chi connectivity index (χ3n) is 6.54. The largest absolute Gasteiger partial charge is 0.490 e. The van der Waals surface area contributed by atoms with Gasteiger partial charge < -0.3 is 14.2 Å². The molecular weight excluding hydrogens is 488 g/mol. The average Bonchev–Trinajstić information content (AvgIpc) is 2.88. The number of alkyl halides is 2. The minimum atomic E-state index is -3.67. The lowest BCUT2D eigenvalue weighted by atomic mass is 9.79. The number of benzene rings is 1. The maximum Gasteiger partial charge on any atom is 0.286 e. The van der Waals surface area contributed by atoms with Crippen molar-refractivity contribution in [3.05, 3.63) is 47.0 Å². The Morgan fingerprint density at radius 2 is 1.49 bits per heavy atom. The molecule has 37 heavy (non-hydrogen) atoms. The van der Waals surface area contributed by atoms with Crippen molar-refractivity contribution in [1.29, 1.82) is 0 Å². The van der Waals surface area contributed by atoms with Gasteiger partial charge in [0.15, 0.2) is 17.3 Å². The van der Waals surface area contributed by atoms with Crippen molar-refractivity contribution >= 4 is 0 Å². The summed E-state index contributed by atoms with van der Waals surface area (Å²) in [5.74, 6) is -8.17. The Balaban J connectivity index is 1.62. The fourth-order valence-electron chi connectivity index (χ4n) is 4.40. The number of aryl methyl sites for hydroxylation is 1. The third-order valence-corrected chi connectivity index (χ3v) is 6.54. The van der Waals surface area contributed by atoms with Crippen molar-refractivity contribution in [3.63, 3.8) is 0 Å². The minimum Gasteiger partial charge on any atom is -0.490 e. The zero-order valence-electron chi connectivity index (χ0n) is 21.8. The van der Waals surface area contributed by atoms with E-state index < -0.39 is 29.0 Å². The number of hydrogen-bond donors (Lipinski definition) is 0. The van der Waals surface area contributed by atoms with E-state index in [4.69, 9.17) is 14.2 Å². The lowest BCUT2D eigenvalue weighted by Gasteiger charge is -2.33. The highest BCUT2D eigenvalue weighted by Crippen LogP contribution is 2.51. The van der Waals surface area contributed by atoms with E-state index in [-0.39, 0.29) is 36.6 Å².